The Labute approximate surface area is 631 Å². The number of carbonyl (C=O) groups is 7. The van der Waals surface area contributed by atoms with Crippen molar-refractivity contribution in [3.05, 3.63) is 35.9 Å². The molecule has 2 rings (SSSR count). The number of carboxylic acids is 1. The average molecular weight is 1470 g/mol. The summed E-state index contributed by atoms with van der Waals surface area (Å²) in [5.74, 6) is -4.95. The highest BCUT2D eigenvalue weighted by atomic mass is 16.7. The summed E-state index contributed by atoms with van der Waals surface area (Å²) in [6, 6.07) is 7.17. The number of aliphatic hydroxyl groups is 2. The minimum Gasteiger partial charge on any atom is -0.480 e. The number of nitrogens with one attached hydrogen (secondary N) is 2. The van der Waals surface area contributed by atoms with Crippen LogP contribution >= 0.6 is 0 Å². The third-order valence-electron chi connectivity index (χ3n) is 20.4. The number of ether oxygens (including phenoxy) is 6. The molecule has 5 N–H and O–H groups in total. The molecular formula is C86H152N2O16. The van der Waals surface area contributed by atoms with E-state index in [0.717, 1.165) is 180 Å². The van der Waals surface area contributed by atoms with Gasteiger partial charge in [-0.05, 0) is 76.2 Å². The van der Waals surface area contributed by atoms with Gasteiger partial charge in [-0.15, -0.1) is 0 Å². The fraction of sp³-hybridized carbons (Fsp3) is 0.849. The monoisotopic (exact) mass is 1470 g/mol. The van der Waals surface area contributed by atoms with E-state index >= 15 is 0 Å². The molecule has 1 saturated heterocycles. The maximum atomic E-state index is 14.7. The van der Waals surface area contributed by atoms with Gasteiger partial charge in [-0.2, -0.15) is 0 Å². The van der Waals surface area contributed by atoms with E-state index in [1.165, 1.54) is 95.5 Å². The Hall–Kier alpha value is -4.65. The number of carboxylic acid groups (broad SMARTS) is 1. The molecule has 18 nitrogen and oxygen atoms in total. The molecule has 0 aromatic heterocycles. The third-order valence-corrected chi connectivity index (χ3v) is 20.4. The molecule has 0 aliphatic carbocycles. The highest BCUT2D eigenvalue weighted by Crippen LogP contribution is 2.28. The van der Waals surface area contributed by atoms with Crippen LogP contribution in [0.2, 0.25) is 0 Å². The topological polar surface area (TPSA) is 260 Å². The highest BCUT2D eigenvalue weighted by Gasteiger charge is 2.49. The van der Waals surface area contributed by atoms with Crippen LogP contribution in [0.4, 0.5) is 0 Å². The van der Waals surface area contributed by atoms with Crippen molar-refractivity contribution in [2.24, 2.45) is 0 Å². The van der Waals surface area contributed by atoms with Gasteiger partial charge in [0.2, 0.25) is 11.8 Å². The largest absolute Gasteiger partial charge is 0.480 e. The van der Waals surface area contributed by atoms with Crippen LogP contribution in [-0.2, 0) is 68.4 Å². The first-order valence-corrected chi connectivity index (χ1v) is 42.9. The lowest BCUT2D eigenvalue weighted by Crippen LogP contribution is -2.66. The molecule has 104 heavy (non-hydrogen) atoms. The standard InChI is InChI=1S/C86H152N2O16/c1-6-11-16-21-26-29-34-40-50-59-71(100-78(92)63-55-45-38-37-39-47-56-70-57-48-46-49-58-70)65-76(90)87-74(85(97)98)69-99-86-82(88-77(91)66-72(60-51-41-35-30-27-22-17-12-7-2)101-79(93)62-53-43-32-24-19-14-9-4)84(83(96)75(68-89)103-86)104-81(95)67-73(61-52-42-36-31-28-23-18-13-8-3)102-80(94)64-54-44-33-25-20-15-10-5/h46,48-49,57-58,71-75,82-84,86,89,96H,6-45,47,50-56,59-69H2,1-5H3,(H,87,90)(H,88,91)(H,97,98)/t71-,72-,73-,74+,75+,82+,83-,84+,86+/m1/s1. The number of hydrogen-bond acceptors (Lipinski definition) is 15. The van der Waals surface area contributed by atoms with E-state index in [4.69, 9.17) is 28.4 Å². The average Bonchev–Trinajstić information content (AvgIpc) is 0.793. The fourth-order valence-electron chi connectivity index (χ4n) is 14.0. The fourth-order valence-corrected chi connectivity index (χ4v) is 14.0. The first-order valence-electron chi connectivity index (χ1n) is 42.9. The van der Waals surface area contributed by atoms with Gasteiger partial charge in [0, 0.05) is 19.3 Å². The quantitative estimate of drug-likeness (QED) is 0.0231. The Balaban J connectivity index is 2.47. The van der Waals surface area contributed by atoms with Crippen LogP contribution in [0.3, 0.4) is 0 Å². The molecule has 1 heterocycles. The number of rotatable bonds is 72. The maximum absolute atomic E-state index is 14.7. The lowest BCUT2D eigenvalue weighted by Gasteiger charge is -2.44. The summed E-state index contributed by atoms with van der Waals surface area (Å²) in [6.45, 7) is 9.37. The molecule has 9 atom stereocenters. The number of esters is 4. The number of amides is 2. The third kappa shape index (κ3) is 51.6. The molecule has 18 heteroatoms. The number of aliphatic hydroxyl groups excluding tert-OH is 2. The van der Waals surface area contributed by atoms with Crippen LogP contribution in [0.1, 0.15) is 400 Å². The van der Waals surface area contributed by atoms with Gasteiger partial charge >= 0.3 is 29.8 Å². The van der Waals surface area contributed by atoms with E-state index in [1.54, 1.807) is 0 Å². The zero-order valence-corrected chi connectivity index (χ0v) is 66.5. The van der Waals surface area contributed by atoms with Gasteiger partial charge < -0.3 is 54.4 Å². The molecule has 1 aromatic rings. The molecular weight excluding hydrogens is 1320 g/mol. The zero-order chi connectivity index (χ0) is 75.7. The highest BCUT2D eigenvalue weighted by molar-refractivity contribution is 5.84. The van der Waals surface area contributed by atoms with E-state index in [1.807, 2.05) is 6.07 Å². The lowest BCUT2D eigenvalue weighted by molar-refractivity contribution is -0.275. The summed E-state index contributed by atoms with van der Waals surface area (Å²) in [6.07, 6.45) is 41.4. The molecule has 1 aromatic carbocycles. The number of hydrogen-bond donors (Lipinski definition) is 5. The SMILES string of the molecule is CCCCCCCCCCC[C@H](CC(=O)N[C@@H]1[C@@H](OC[C@H](NC(=O)C[C@@H](CCCCCCCCCCC)OC(=O)CCCCCCCCc2ccccc2)C(=O)O)O[C@@H](CO)[C@@H](O)[C@H]1OC(=O)C[C@@H](CCCCCCCCCCC)OC(=O)CCCCCCCCC)OC(=O)CCCCCCCCC. The van der Waals surface area contributed by atoms with Crippen LogP contribution in [0.5, 0.6) is 0 Å². The van der Waals surface area contributed by atoms with E-state index in [-0.39, 0.29) is 38.5 Å². The molecule has 602 valence electrons. The Morgan fingerprint density at radius 3 is 1.12 bits per heavy atom. The minimum absolute atomic E-state index is 0.192. The lowest BCUT2D eigenvalue weighted by atomic mass is 9.96. The Morgan fingerprint density at radius 2 is 0.760 bits per heavy atom. The molecule has 1 fully saturated rings. The number of aryl methyl sites for hydroxylation is 1. The van der Waals surface area contributed by atoms with Crippen molar-refractivity contribution in [2.75, 3.05) is 13.2 Å². The number of carbonyl (C=O) groups excluding carboxylic acids is 6. The van der Waals surface area contributed by atoms with E-state index < -0.39 is 110 Å². The molecule has 0 radical (unpaired) electrons. The van der Waals surface area contributed by atoms with Gasteiger partial charge in [0.1, 0.15) is 36.6 Å². The normalized spacial score (nSPS) is 17.0. The van der Waals surface area contributed by atoms with Gasteiger partial charge in [-0.1, -0.05) is 322 Å². The van der Waals surface area contributed by atoms with Gasteiger partial charge in [-0.25, -0.2) is 4.79 Å². The number of benzene rings is 1. The smallest absolute Gasteiger partial charge is 0.328 e. The van der Waals surface area contributed by atoms with Gasteiger partial charge in [0.15, 0.2) is 18.4 Å². The van der Waals surface area contributed by atoms with E-state index in [2.05, 4.69) is 69.5 Å². The second-order valence-electron chi connectivity index (χ2n) is 30.2. The van der Waals surface area contributed by atoms with Crippen molar-refractivity contribution in [2.45, 2.75) is 456 Å². The number of unbranched alkanes of at least 4 members (excludes halogenated alkanes) is 41. The summed E-state index contributed by atoms with van der Waals surface area (Å²) in [7, 11) is 0. The van der Waals surface area contributed by atoms with Gasteiger partial charge in [0.25, 0.3) is 0 Å². The first kappa shape index (κ1) is 95.4. The number of aliphatic carboxylic acids is 1. The zero-order valence-electron chi connectivity index (χ0n) is 66.5. The van der Waals surface area contributed by atoms with Crippen molar-refractivity contribution >= 4 is 41.7 Å². The second kappa shape index (κ2) is 66.5. The second-order valence-corrected chi connectivity index (χ2v) is 30.2. The van der Waals surface area contributed by atoms with Crippen molar-refractivity contribution in [1.29, 1.82) is 0 Å². The molecule has 0 spiro atoms. The molecule has 1 aliphatic heterocycles. The predicted octanol–water partition coefficient (Wildman–Crippen LogP) is 20.0. The molecule has 2 amide bonds. The van der Waals surface area contributed by atoms with Crippen LogP contribution < -0.4 is 10.6 Å². The molecule has 1 aliphatic rings. The maximum Gasteiger partial charge on any atom is 0.328 e. The van der Waals surface area contributed by atoms with Crippen LogP contribution in [0, 0.1) is 0 Å². The van der Waals surface area contributed by atoms with E-state index in [9.17, 15) is 48.9 Å². The van der Waals surface area contributed by atoms with Crippen LogP contribution in [0.25, 0.3) is 0 Å². The minimum atomic E-state index is -1.77. The predicted molar refractivity (Wildman–Crippen MR) is 416 cm³/mol. The summed E-state index contributed by atoms with van der Waals surface area (Å²) >= 11 is 0. The van der Waals surface area contributed by atoms with Crippen LogP contribution in [0.15, 0.2) is 30.3 Å². The van der Waals surface area contributed by atoms with Gasteiger partial charge in [-0.3, -0.25) is 28.8 Å². The summed E-state index contributed by atoms with van der Waals surface area (Å²) in [5, 5.41) is 38.9. The van der Waals surface area contributed by atoms with Crippen molar-refractivity contribution in [1.82, 2.24) is 10.6 Å². The Bertz CT molecular complexity index is 2270. The molecule has 0 bridgehead atoms. The summed E-state index contributed by atoms with van der Waals surface area (Å²) in [4.78, 5) is 96.9. The Morgan fingerprint density at radius 1 is 0.423 bits per heavy atom. The van der Waals surface area contributed by atoms with Crippen molar-refractivity contribution in [3.8, 4) is 0 Å². The van der Waals surface area contributed by atoms with Crippen molar-refractivity contribution in [3.63, 3.8) is 0 Å². The van der Waals surface area contributed by atoms with Crippen molar-refractivity contribution < 1.29 is 77.3 Å². The molecule has 0 saturated carbocycles. The Kier molecular flexibility index (Phi) is 61.1. The first-order chi connectivity index (χ1) is 50.7. The van der Waals surface area contributed by atoms with Crippen LogP contribution in [-0.4, -0.2) is 125 Å². The van der Waals surface area contributed by atoms with Gasteiger partial charge in [0.05, 0.1) is 32.5 Å². The molecule has 0 unspecified atom stereocenters. The summed E-state index contributed by atoms with van der Waals surface area (Å²) < 4.78 is 36.7. The van der Waals surface area contributed by atoms with E-state index in [0.29, 0.717) is 57.8 Å². The summed E-state index contributed by atoms with van der Waals surface area (Å²) in [5.41, 5.74) is 1.33.